The maximum Gasteiger partial charge on any atom is 0.343 e. The van der Waals surface area contributed by atoms with Crippen molar-refractivity contribution in [3.63, 3.8) is 0 Å². The van der Waals surface area contributed by atoms with Gasteiger partial charge in [-0.3, -0.25) is 0 Å². The van der Waals surface area contributed by atoms with Crippen molar-refractivity contribution >= 4 is 24.0 Å². The normalized spacial score (nSPS) is 10.1. The van der Waals surface area contributed by atoms with E-state index in [2.05, 4.69) is 6.58 Å². The Kier molecular flexibility index (Phi) is 9.22. The lowest BCUT2D eigenvalue weighted by Gasteiger charge is -2.08. The Balaban J connectivity index is 1.84. The van der Waals surface area contributed by atoms with E-state index in [9.17, 15) is 14.4 Å². The highest BCUT2D eigenvalue weighted by atomic mass is 16.7. The van der Waals surface area contributed by atoms with Gasteiger partial charge in [-0.05, 0) is 55.0 Å². The molecule has 0 saturated carbocycles. The van der Waals surface area contributed by atoms with Gasteiger partial charge in [0.1, 0.15) is 18.1 Å². The van der Waals surface area contributed by atoms with Gasteiger partial charge in [-0.25, -0.2) is 14.4 Å². The van der Waals surface area contributed by atoms with E-state index in [0.717, 1.165) is 0 Å². The predicted octanol–water partition coefficient (Wildman–Crippen LogP) is 3.83. The fourth-order valence-corrected chi connectivity index (χ4v) is 2.18. The average Bonchev–Trinajstić information content (AvgIpc) is 2.79. The van der Waals surface area contributed by atoms with Crippen LogP contribution in [0.15, 0.2) is 66.8 Å². The molecule has 0 N–H and O–H groups in total. The van der Waals surface area contributed by atoms with Crippen LogP contribution in [0.3, 0.4) is 0 Å². The molecule has 0 amide bonds. The van der Waals surface area contributed by atoms with Crippen LogP contribution in [-0.4, -0.2) is 31.3 Å². The van der Waals surface area contributed by atoms with Crippen LogP contribution in [0.2, 0.25) is 0 Å². The average molecular weight is 435 g/mol. The Bertz CT molecular complexity index is 1030. The molecule has 164 valence electrons. The number of carbonyl (C=O) groups excluding carboxylic acids is 3. The number of rotatable bonds is 10. The third-order valence-electron chi connectivity index (χ3n) is 3.81. The summed E-state index contributed by atoms with van der Waals surface area (Å²) >= 11 is 0. The zero-order valence-corrected chi connectivity index (χ0v) is 17.4. The van der Waals surface area contributed by atoms with Crippen LogP contribution in [0.25, 0.3) is 6.08 Å². The van der Waals surface area contributed by atoms with Gasteiger partial charge in [0.25, 0.3) is 0 Å². The van der Waals surface area contributed by atoms with Crippen molar-refractivity contribution in [2.45, 2.75) is 13.3 Å². The van der Waals surface area contributed by atoms with Gasteiger partial charge in [-0.15, -0.1) is 0 Å². The van der Waals surface area contributed by atoms with Gasteiger partial charge in [0.15, 0.2) is 0 Å². The molecule has 2 aromatic carbocycles. The van der Waals surface area contributed by atoms with Crippen LogP contribution in [0.5, 0.6) is 11.5 Å². The topological polar surface area (TPSA) is 112 Å². The lowest BCUT2D eigenvalue weighted by molar-refractivity contribution is -0.145. The van der Waals surface area contributed by atoms with E-state index in [4.69, 9.17) is 24.2 Å². The van der Waals surface area contributed by atoms with Gasteiger partial charge in [-0.1, -0.05) is 18.7 Å². The smallest absolute Gasteiger partial charge is 0.343 e. The van der Waals surface area contributed by atoms with Crippen LogP contribution in [-0.2, 0) is 19.1 Å². The Labute approximate surface area is 185 Å². The number of benzene rings is 2. The van der Waals surface area contributed by atoms with E-state index >= 15 is 0 Å². The summed E-state index contributed by atoms with van der Waals surface area (Å²) in [6.07, 6.45) is 2.94. The number of nitrogens with zero attached hydrogens (tertiary/aromatic N) is 1. The summed E-state index contributed by atoms with van der Waals surface area (Å²) in [5.41, 5.74) is 1.28. The summed E-state index contributed by atoms with van der Waals surface area (Å²) < 4.78 is 20.2. The van der Waals surface area contributed by atoms with E-state index in [1.807, 2.05) is 6.07 Å². The molecule has 0 aromatic heterocycles. The van der Waals surface area contributed by atoms with Crippen molar-refractivity contribution in [3.05, 3.63) is 77.9 Å². The number of carbonyl (C=O) groups is 3. The van der Waals surface area contributed by atoms with E-state index in [-0.39, 0.29) is 25.4 Å². The van der Waals surface area contributed by atoms with Gasteiger partial charge in [-0.2, -0.15) is 5.26 Å². The molecular formula is C24H21NO7. The standard InChI is InChI=1S/C24H21NO7/c1-17(2)23(27)31-16-30-20-11-7-19(8-12-20)24(28)32-21-9-4-18(5-10-21)6-13-22(26)29-15-3-14-25/h4-13H,1,3,15-16H2,2H3/b13-6+. The SMILES string of the molecule is C=C(C)C(=O)OCOc1ccc(C(=O)Oc2ccc(/C=C/C(=O)OCCC#N)cc2)cc1. The second kappa shape index (κ2) is 12.3. The minimum atomic E-state index is -0.561. The van der Waals surface area contributed by atoms with Gasteiger partial charge in [0.2, 0.25) is 6.79 Å². The van der Waals surface area contributed by atoms with E-state index < -0.39 is 17.9 Å². The molecule has 0 unspecified atom stereocenters. The highest BCUT2D eigenvalue weighted by Crippen LogP contribution is 2.17. The summed E-state index contributed by atoms with van der Waals surface area (Å²) in [6, 6.07) is 14.5. The number of hydrogen-bond donors (Lipinski definition) is 0. The third-order valence-corrected chi connectivity index (χ3v) is 3.81. The third kappa shape index (κ3) is 8.16. The molecule has 8 heteroatoms. The number of esters is 3. The zero-order valence-electron chi connectivity index (χ0n) is 17.4. The predicted molar refractivity (Wildman–Crippen MR) is 114 cm³/mol. The van der Waals surface area contributed by atoms with Crippen molar-refractivity contribution in [1.82, 2.24) is 0 Å². The van der Waals surface area contributed by atoms with Crippen molar-refractivity contribution in [3.8, 4) is 17.6 Å². The molecule has 8 nitrogen and oxygen atoms in total. The lowest BCUT2D eigenvalue weighted by Crippen LogP contribution is -2.11. The first-order chi connectivity index (χ1) is 15.4. The molecule has 2 rings (SSSR count). The zero-order chi connectivity index (χ0) is 23.3. The summed E-state index contributed by atoms with van der Waals surface area (Å²) in [4.78, 5) is 35.1. The molecular weight excluding hydrogens is 414 g/mol. The molecule has 0 spiro atoms. The van der Waals surface area contributed by atoms with Crippen molar-refractivity contribution in [1.29, 1.82) is 5.26 Å². The lowest BCUT2D eigenvalue weighted by atomic mass is 10.2. The second-order valence-electron chi connectivity index (χ2n) is 6.37. The molecule has 0 aliphatic carbocycles. The molecule has 0 heterocycles. The summed E-state index contributed by atoms with van der Waals surface area (Å²) in [5.74, 6) is -0.914. The molecule has 0 atom stereocenters. The molecule has 32 heavy (non-hydrogen) atoms. The van der Waals surface area contributed by atoms with Crippen molar-refractivity contribution in [2.75, 3.05) is 13.4 Å². The Hall–Kier alpha value is -4.38. The van der Waals surface area contributed by atoms with Gasteiger partial charge in [0.05, 0.1) is 18.1 Å². The Morgan fingerprint density at radius 2 is 1.66 bits per heavy atom. The van der Waals surface area contributed by atoms with Crippen LogP contribution in [0.1, 0.15) is 29.3 Å². The quantitative estimate of drug-likeness (QED) is 0.182. The number of ether oxygens (including phenoxy) is 4. The Morgan fingerprint density at radius 1 is 1.00 bits per heavy atom. The van der Waals surface area contributed by atoms with Crippen LogP contribution in [0, 0.1) is 11.3 Å². The first-order valence-corrected chi connectivity index (χ1v) is 9.48. The highest BCUT2D eigenvalue weighted by Gasteiger charge is 2.09. The van der Waals surface area contributed by atoms with E-state index in [1.54, 1.807) is 42.5 Å². The molecule has 0 aliphatic rings. The highest BCUT2D eigenvalue weighted by molar-refractivity contribution is 5.91. The second-order valence-corrected chi connectivity index (χ2v) is 6.37. The first-order valence-electron chi connectivity index (χ1n) is 9.48. The summed E-state index contributed by atoms with van der Waals surface area (Å²) in [6.45, 7) is 4.77. The molecule has 0 radical (unpaired) electrons. The van der Waals surface area contributed by atoms with Gasteiger partial charge in [0, 0.05) is 11.6 Å². The monoisotopic (exact) mass is 435 g/mol. The molecule has 2 aromatic rings. The Morgan fingerprint density at radius 3 is 2.28 bits per heavy atom. The fraction of sp³-hybridized carbons (Fsp3) is 0.167. The van der Waals surface area contributed by atoms with Gasteiger partial charge >= 0.3 is 17.9 Å². The minimum absolute atomic E-state index is 0.0458. The maximum absolute atomic E-state index is 12.3. The van der Waals surface area contributed by atoms with Crippen LogP contribution < -0.4 is 9.47 Å². The van der Waals surface area contributed by atoms with E-state index in [1.165, 1.54) is 25.1 Å². The van der Waals surface area contributed by atoms with Crippen molar-refractivity contribution in [2.24, 2.45) is 0 Å². The molecule has 0 fully saturated rings. The first kappa shape index (κ1) is 23.9. The summed E-state index contributed by atoms with van der Waals surface area (Å²) in [5, 5.41) is 8.41. The van der Waals surface area contributed by atoms with E-state index in [0.29, 0.717) is 22.6 Å². The molecule has 0 aliphatic heterocycles. The minimum Gasteiger partial charge on any atom is -0.461 e. The van der Waals surface area contributed by atoms with Crippen LogP contribution >= 0.6 is 0 Å². The molecule has 0 bridgehead atoms. The maximum atomic E-state index is 12.3. The molecule has 0 saturated heterocycles. The summed E-state index contributed by atoms with van der Waals surface area (Å²) in [7, 11) is 0. The van der Waals surface area contributed by atoms with Gasteiger partial charge < -0.3 is 18.9 Å². The fourth-order valence-electron chi connectivity index (χ4n) is 2.18. The largest absolute Gasteiger partial charge is 0.461 e. The van der Waals surface area contributed by atoms with Crippen LogP contribution in [0.4, 0.5) is 0 Å². The number of hydrogen-bond acceptors (Lipinski definition) is 8. The van der Waals surface area contributed by atoms with Crippen molar-refractivity contribution < 1.29 is 33.3 Å². The number of nitriles is 1.